The molecule has 1 aromatic rings. The minimum Gasteiger partial charge on any atom is -0.466 e. The first-order chi connectivity index (χ1) is 12.5. The maximum absolute atomic E-state index is 12.9. The van der Waals surface area contributed by atoms with E-state index in [1.165, 1.54) is 10.5 Å². The van der Waals surface area contributed by atoms with Gasteiger partial charge < -0.3 is 4.74 Å². The van der Waals surface area contributed by atoms with Crippen LogP contribution in [0.15, 0.2) is 24.3 Å². The number of ether oxygens (including phenoxy) is 1. The molecule has 0 radical (unpaired) electrons. The third-order valence-electron chi connectivity index (χ3n) is 5.32. The number of aryl methyl sites for hydroxylation is 1. The molecule has 6 heteroatoms. The molecular weight excluding hydrogens is 332 g/mol. The van der Waals surface area contributed by atoms with Crippen molar-refractivity contribution in [3.05, 3.63) is 29.8 Å². The first-order valence-corrected chi connectivity index (χ1v) is 9.41. The van der Waals surface area contributed by atoms with Gasteiger partial charge in [0.2, 0.25) is 5.91 Å². The number of amides is 2. The molecule has 6 nitrogen and oxygen atoms in total. The molecule has 2 saturated heterocycles. The van der Waals surface area contributed by atoms with Gasteiger partial charge in [-0.1, -0.05) is 19.1 Å². The van der Waals surface area contributed by atoms with Gasteiger partial charge in [-0.25, -0.2) is 4.90 Å². The quantitative estimate of drug-likeness (QED) is 0.596. The van der Waals surface area contributed by atoms with E-state index in [4.69, 9.17) is 4.74 Å². The van der Waals surface area contributed by atoms with E-state index in [0.717, 1.165) is 6.42 Å². The summed E-state index contributed by atoms with van der Waals surface area (Å²) in [5, 5.41) is 0. The molecule has 0 N–H and O–H groups in total. The highest BCUT2D eigenvalue weighted by molar-refractivity contribution is 6.22. The Morgan fingerprint density at radius 3 is 2.35 bits per heavy atom. The zero-order valence-corrected chi connectivity index (χ0v) is 15.4. The van der Waals surface area contributed by atoms with Gasteiger partial charge in [0.05, 0.1) is 30.7 Å². The topological polar surface area (TPSA) is 66.9 Å². The fourth-order valence-corrected chi connectivity index (χ4v) is 3.76. The molecule has 1 unspecified atom stereocenters. The predicted octanol–water partition coefficient (Wildman–Crippen LogP) is 2.16. The molecule has 2 amide bonds. The molecule has 3 rings (SSSR count). The van der Waals surface area contributed by atoms with E-state index in [1.54, 1.807) is 6.92 Å². The summed E-state index contributed by atoms with van der Waals surface area (Å²) in [4.78, 5) is 40.5. The van der Waals surface area contributed by atoms with Gasteiger partial charge in [-0.15, -0.1) is 0 Å². The van der Waals surface area contributed by atoms with Crippen molar-refractivity contribution >= 4 is 23.5 Å². The van der Waals surface area contributed by atoms with Gasteiger partial charge in [-0.05, 0) is 57.0 Å². The van der Waals surface area contributed by atoms with Crippen LogP contribution in [-0.2, 0) is 25.5 Å². The monoisotopic (exact) mass is 358 g/mol. The maximum atomic E-state index is 12.9. The van der Waals surface area contributed by atoms with Crippen molar-refractivity contribution in [3.8, 4) is 0 Å². The number of hydrogen-bond acceptors (Lipinski definition) is 5. The van der Waals surface area contributed by atoms with Gasteiger partial charge in [-0.3, -0.25) is 19.3 Å². The van der Waals surface area contributed by atoms with Crippen LogP contribution in [0.5, 0.6) is 0 Å². The fraction of sp³-hybridized carbons (Fsp3) is 0.550. The smallest absolute Gasteiger partial charge is 0.309 e. The van der Waals surface area contributed by atoms with E-state index < -0.39 is 6.04 Å². The van der Waals surface area contributed by atoms with Crippen molar-refractivity contribution in [3.63, 3.8) is 0 Å². The molecule has 1 atom stereocenters. The van der Waals surface area contributed by atoms with E-state index in [0.29, 0.717) is 38.2 Å². The van der Waals surface area contributed by atoms with Crippen LogP contribution in [0.2, 0.25) is 0 Å². The molecule has 26 heavy (non-hydrogen) atoms. The lowest BCUT2D eigenvalue weighted by molar-refractivity contribution is -0.149. The number of carbonyl (C=O) groups is 3. The van der Waals surface area contributed by atoms with Crippen LogP contribution in [-0.4, -0.2) is 48.4 Å². The Labute approximate surface area is 154 Å². The van der Waals surface area contributed by atoms with Crippen LogP contribution in [0.1, 0.15) is 38.7 Å². The summed E-state index contributed by atoms with van der Waals surface area (Å²) in [7, 11) is 0. The third-order valence-corrected chi connectivity index (χ3v) is 5.32. The molecular formula is C20H26N2O4. The Morgan fingerprint density at radius 2 is 1.77 bits per heavy atom. The number of esters is 1. The standard InChI is InChI=1S/C20H26N2O4/c1-3-14-5-7-16(8-6-14)22-18(23)13-17(19(22)24)21-11-9-15(10-12-21)20(25)26-4-2/h5-8,15,17H,3-4,9-13H2,1-2H3. The largest absolute Gasteiger partial charge is 0.466 e. The second-order valence-corrected chi connectivity index (χ2v) is 6.87. The number of nitrogens with zero attached hydrogens (tertiary/aromatic N) is 2. The lowest BCUT2D eigenvalue weighted by Gasteiger charge is -2.33. The van der Waals surface area contributed by atoms with Crippen LogP contribution in [0.25, 0.3) is 0 Å². The van der Waals surface area contributed by atoms with Crippen molar-refractivity contribution in [2.75, 3.05) is 24.6 Å². The molecule has 2 fully saturated rings. The summed E-state index contributed by atoms with van der Waals surface area (Å²) < 4.78 is 5.09. The van der Waals surface area contributed by atoms with E-state index >= 15 is 0 Å². The number of anilines is 1. The average Bonchev–Trinajstić information content (AvgIpc) is 2.96. The summed E-state index contributed by atoms with van der Waals surface area (Å²) in [6, 6.07) is 7.16. The van der Waals surface area contributed by atoms with Crippen LogP contribution in [0, 0.1) is 5.92 Å². The minimum atomic E-state index is -0.420. The van der Waals surface area contributed by atoms with E-state index in [-0.39, 0.29) is 30.1 Å². The highest BCUT2D eigenvalue weighted by Gasteiger charge is 2.43. The maximum Gasteiger partial charge on any atom is 0.309 e. The Balaban J connectivity index is 1.65. The van der Waals surface area contributed by atoms with Crippen LogP contribution < -0.4 is 4.90 Å². The van der Waals surface area contributed by atoms with Crippen molar-refractivity contribution in [2.24, 2.45) is 5.92 Å². The highest BCUT2D eigenvalue weighted by atomic mass is 16.5. The van der Waals surface area contributed by atoms with Gasteiger partial charge in [0, 0.05) is 0 Å². The van der Waals surface area contributed by atoms with Crippen molar-refractivity contribution in [1.82, 2.24) is 4.90 Å². The summed E-state index contributed by atoms with van der Waals surface area (Å²) >= 11 is 0. The number of hydrogen-bond donors (Lipinski definition) is 0. The lowest BCUT2D eigenvalue weighted by Crippen LogP contribution is -2.47. The number of rotatable bonds is 5. The average molecular weight is 358 g/mol. The van der Waals surface area contributed by atoms with Crippen LogP contribution >= 0.6 is 0 Å². The zero-order valence-electron chi connectivity index (χ0n) is 15.4. The van der Waals surface area contributed by atoms with E-state index in [9.17, 15) is 14.4 Å². The van der Waals surface area contributed by atoms with Gasteiger partial charge in [0.25, 0.3) is 5.91 Å². The minimum absolute atomic E-state index is 0.101. The number of piperidine rings is 1. The van der Waals surface area contributed by atoms with Crippen molar-refractivity contribution in [2.45, 2.75) is 45.6 Å². The first kappa shape index (κ1) is 18.6. The van der Waals surface area contributed by atoms with E-state index in [2.05, 4.69) is 6.92 Å². The molecule has 0 saturated carbocycles. The molecule has 0 aromatic heterocycles. The van der Waals surface area contributed by atoms with E-state index in [1.807, 2.05) is 29.2 Å². The second kappa shape index (κ2) is 7.99. The Morgan fingerprint density at radius 1 is 1.12 bits per heavy atom. The molecule has 0 bridgehead atoms. The van der Waals surface area contributed by atoms with Crippen molar-refractivity contribution in [1.29, 1.82) is 0 Å². The van der Waals surface area contributed by atoms with Gasteiger partial charge in [0.15, 0.2) is 0 Å². The zero-order chi connectivity index (χ0) is 18.7. The normalized spacial score (nSPS) is 22.1. The Bertz CT molecular complexity index is 678. The Kier molecular flexibility index (Phi) is 5.71. The fourth-order valence-electron chi connectivity index (χ4n) is 3.76. The molecule has 2 aliphatic heterocycles. The van der Waals surface area contributed by atoms with Gasteiger partial charge in [-0.2, -0.15) is 0 Å². The number of carbonyl (C=O) groups excluding carboxylic acids is 3. The van der Waals surface area contributed by atoms with Crippen molar-refractivity contribution < 1.29 is 19.1 Å². The summed E-state index contributed by atoms with van der Waals surface area (Å²) in [5.41, 5.74) is 1.81. The lowest BCUT2D eigenvalue weighted by atomic mass is 9.95. The van der Waals surface area contributed by atoms with Crippen LogP contribution in [0.4, 0.5) is 5.69 Å². The van der Waals surface area contributed by atoms with Gasteiger partial charge >= 0.3 is 5.97 Å². The Hall–Kier alpha value is -2.21. The molecule has 2 heterocycles. The number of imide groups is 1. The SMILES string of the molecule is CCOC(=O)C1CCN(C2CC(=O)N(c3ccc(CC)cc3)C2=O)CC1. The molecule has 2 aliphatic rings. The predicted molar refractivity (Wildman–Crippen MR) is 97.6 cm³/mol. The summed E-state index contributed by atoms with van der Waals surface area (Å²) in [6.07, 6.45) is 2.46. The second-order valence-electron chi connectivity index (χ2n) is 6.87. The summed E-state index contributed by atoms with van der Waals surface area (Å²) in [6.45, 7) is 5.53. The highest BCUT2D eigenvalue weighted by Crippen LogP contribution is 2.29. The first-order valence-electron chi connectivity index (χ1n) is 9.41. The molecule has 140 valence electrons. The summed E-state index contributed by atoms with van der Waals surface area (Å²) in [5.74, 6) is -0.569. The third kappa shape index (κ3) is 3.65. The molecule has 1 aromatic carbocycles. The number of benzene rings is 1. The number of likely N-dealkylation sites (tertiary alicyclic amines) is 1. The van der Waals surface area contributed by atoms with Crippen LogP contribution in [0.3, 0.4) is 0 Å². The molecule has 0 aliphatic carbocycles. The molecule has 0 spiro atoms. The van der Waals surface area contributed by atoms with Gasteiger partial charge in [0.1, 0.15) is 0 Å².